The van der Waals surface area contributed by atoms with Gasteiger partial charge in [0.25, 0.3) is 0 Å². The Kier molecular flexibility index (Phi) is 14.9. The Labute approximate surface area is 216 Å². The number of aliphatic hydroxyl groups is 1. The van der Waals surface area contributed by atoms with Crippen LogP contribution in [-0.2, 0) is 0 Å². The maximum atomic E-state index is 12.4. The lowest BCUT2D eigenvalue weighted by molar-refractivity contribution is 0.0999. The van der Waals surface area contributed by atoms with Crippen molar-refractivity contribution in [1.29, 1.82) is 0 Å². The maximum Gasteiger partial charge on any atom is 0.250 e. The zero-order valence-corrected chi connectivity index (χ0v) is 20.9. The van der Waals surface area contributed by atoms with Gasteiger partial charge in [-0.2, -0.15) is 0 Å². The molecule has 1 aliphatic carbocycles. The smallest absolute Gasteiger partial charge is 0.250 e. The summed E-state index contributed by atoms with van der Waals surface area (Å²) in [7, 11) is 2.86. The van der Waals surface area contributed by atoms with Gasteiger partial charge in [0.2, 0.25) is 5.91 Å². The number of hydrogen-bond acceptors (Lipinski definition) is 5. The number of hydrogen-bond donors (Lipinski definition) is 3. The number of aromatic nitrogens is 1. The fourth-order valence-corrected chi connectivity index (χ4v) is 2.89. The zero-order chi connectivity index (χ0) is 27.5. The van der Waals surface area contributed by atoms with Crippen LogP contribution in [0.1, 0.15) is 57.5 Å². The van der Waals surface area contributed by atoms with Crippen molar-refractivity contribution in [3.05, 3.63) is 107 Å². The molecule has 0 saturated carbocycles. The van der Waals surface area contributed by atoms with Crippen LogP contribution in [-0.4, -0.2) is 36.4 Å². The molecule has 2 aromatic carbocycles. The average Bonchev–Trinajstić information content (AvgIpc) is 2.95. The van der Waals surface area contributed by atoms with Crippen molar-refractivity contribution < 1.29 is 23.5 Å². The Morgan fingerprint density at radius 3 is 1.97 bits per heavy atom. The predicted octanol–water partition coefficient (Wildman–Crippen LogP) is 5.12. The molecule has 1 aliphatic rings. The van der Waals surface area contributed by atoms with Gasteiger partial charge in [-0.1, -0.05) is 30.1 Å². The van der Waals surface area contributed by atoms with E-state index in [0.29, 0.717) is 11.1 Å². The summed E-state index contributed by atoms with van der Waals surface area (Å²) < 4.78 is 24.8. The Morgan fingerprint density at radius 1 is 0.973 bits per heavy atom. The van der Waals surface area contributed by atoms with Crippen LogP contribution < -0.4 is 11.1 Å². The van der Waals surface area contributed by atoms with E-state index in [4.69, 9.17) is 10.8 Å². The molecule has 0 unspecified atom stereocenters. The molecule has 0 saturated heterocycles. The van der Waals surface area contributed by atoms with Crippen LogP contribution in [0.4, 0.5) is 14.5 Å². The second-order valence-corrected chi connectivity index (χ2v) is 7.41. The molecule has 37 heavy (non-hydrogen) atoms. The fraction of sp³-hybridized carbons (Fsp3) is 0.207. The van der Waals surface area contributed by atoms with Gasteiger partial charge in [-0.3, -0.25) is 14.6 Å². The Morgan fingerprint density at radius 2 is 1.54 bits per heavy atom. The minimum atomic E-state index is -0.824. The first kappa shape index (κ1) is 30.7. The lowest BCUT2D eigenvalue weighted by atomic mass is 10.1. The topological polar surface area (TPSA) is 105 Å². The van der Waals surface area contributed by atoms with E-state index < -0.39 is 23.1 Å². The summed E-state index contributed by atoms with van der Waals surface area (Å²) in [6, 6.07) is 12.6. The summed E-state index contributed by atoms with van der Waals surface area (Å²) in [6.07, 6.45) is 13.2. The number of benzene rings is 2. The molecule has 0 radical (unpaired) electrons. The van der Waals surface area contributed by atoms with Crippen molar-refractivity contribution in [2.75, 3.05) is 19.5 Å². The highest BCUT2D eigenvalue weighted by molar-refractivity contribution is 5.92. The van der Waals surface area contributed by atoms with Gasteiger partial charge in [-0.05, 0) is 68.1 Å². The number of halogens is 2. The van der Waals surface area contributed by atoms with Crippen molar-refractivity contribution in [1.82, 2.24) is 4.98 Å². The molecule has 0 spiro atoms. The number of amides is 1. The number of allylic oxidation sites excluding steroid dienone is 2. The molecule has 8 heteroatoms. The number of carbonyl (C=O) groups excluding carboxylic acids is 2. The summed E-state index contributed by atoms with van der Waals surface area (Å²) in [4.78, 5) is 24.9. The minimum Gasteiger partial charge on any atom is -0.400 e. The summed E-state index contributed by atoms with van der Waals surface area (Å²) in [5.74, 6) is 3.81. The summed E-state index contributed by atoms with van der Waals surface area (Å²) in [5, 5.41) is 10.0. The number of aliphatic hydroxyl groups excluding tert-OH is 1. The van der Waals surface area contributed by atoms with E-state index in [1.54, 1.807) is 12.3 Å². The molecule has 3 aromatic rings. The van der Waals surface area contributed by atoms with Gasteiger partial charge in [0.15, 0.2) is 6.29 Å². The average molecular weight is 508 g/mol. The third-order valence-electron chi connectivity index (χ3n) is 4.82. The van der Waals surface area contributed by atoms with Gasteiger partial charge in [0.05, 0.1) is 11.1 Å². The molecule has 1 aromatic heterocycles. The number of primary amides is 1. The number of aldehydes is 1. The normalized spacial score (nSPS) is 10.9. The number of nitrogens with two attached hydrogens (primary N) is 1. The number of nitrogens with one attached hydrogen (secondary N) is 1. The Balaban J connectivity index is 0.000000315. The molecule has 6 nitrogen and oxygen atoms in total. The lowest BCUT2D eigenvalue weighted by Gasteiger charge is -1.98. The SMILES string of the molecule is C1=CCCCC1.CNc1ccc(C#Cc2cncc(C(N)=O)c2)cc1.CO.O=Cc1c(F)cccc1F. The highest BCUT2D eigenvalue weighted by atomic mass is 19.1. The van der Waals surface area contributed by atoms with E-state index in [2.05, 4.69) is 34.3 Å². The van der Waals surface area contributed by atoms with E-state index in [1.165, 1.54) is 37.9 Å². The Bertz CT molecular complexity index is 1190. The second-order valence-electron chi connectivity index (χ2n) is 7.41. The van der Waals surface area contributed by atoms with Gasteiger partial charge in [-0.15, -0.1) is 0 Å². The van der Waals surface area contributed by atoms with E-state index in [0.717, 1.165) is 30.5 Å². The second kappa shape index (κ2) is 18.0. The molecule has 1 heterocycles. The first-order valence-electron chi connectivity index (χ1n) is 11.5. The summed E-state index contributed by atoms with van der Waals surface area (Å²) >= 11 is 0. The third-order valence-corrected chi connectivity index (χ3v) is 4.82. The molecular weight excluding hydrogens is 476 g/mol. The monoisotopic (exact) mass is 507 g/mol. The van der Waals surface area contributed by atoms with Gasteiger partial charge in [0.1, 0.15) is 11.6 Å². The van der Waals surface area contributed by atoms with Crippen LogP contribution in [0.25, 0.3) is 0 Å². The van der Waals surface area contributed by atoms with Crippen molar-refractivity contribution >= 4 is 17.9 Å². The highest BCUT2D eigenvalue weighted by Crippen LogP contribution is 2.09. The predicted molar refractivity (Wildman–Crippen MR) is 142 cm³/mol. The third kappa shape index (κ3) is 11.8. The fourth-order valence-electron chi connectivity index (χ4n) is 2.89. The Hall–Kier alpha value is -4.35. The van der Waals surface area contributed by atoms with E-state index in [1.807, 2.05) is 31.3 Å². The number of carbonyl (C=O) groups is 2. The molecule has 0 aliphatic heterocycles. The summed E-state index contributed by atoms with van der Waals surface area (Å²) in [6.45, 7) is 0. The number of rotatable bonds is 3. The highest BCUT2D eigenvalue weighted by Gasteiger charge is 2.04. The van der Waals surface area contributed by atoms with Crippen molar-refractivity contribution in [3.8, 4) is 11.8 Å². The van der Waals surface area contributed by atoms with Gasteiger partial charge in [-0.25, -0.2) is 8.78 Å². The van der Waals surface area contributed by atoms with Crippen LogP contribution in [0.15, 0.2) is 73.1 Å². The first-order chi connectivity index (χ1) is 17.9. The van der Waals surface area contributed by atoms with E-state index in [9.17, 15) is 18.4 Å². The maximum absolute atomic E-state index is 12.4. The molecule has 0 fully saturated rings. The molecule has 4 N–H and O–H groups in total. The molecule has 0 bridgehead atoms. The molecular formula is C29H31F2N3O3. The quantitative estimate of drug-likeness (QED) is 0.259. The number of nitrogens with zero attached hydrogens (tertiary/aromatic N) is 1. The van der Waals surface area contributed by atoms with Crippen LogP contribution in [0.3, 0.4) is 0 Å². The van der Waals surface area contributed by atoms with E-state index in [-0.39, 0.29) is 6.29 Å². The first-order valence-corrected chi connectivity index (χ1v) is 11.5. The van der Waals surface area contributed by atoms with Gasteiger partial charge < -0.3 is 16.2 Å². The molecule has 194 valence electrons. The lowest BCUT2D eigenvalue weighted by Crippen LogP contribution is -2.11. The van der Waals surface area contributed by atoms with Gasteiger partial charge in [0, 0.05) is 43.4 Å². The number of anilines is 1. The largest absolute Gasteiger partial charge is 0.400 e. The van der Waals surface area contributed by atoms with Crippen molar-refractivity contribution in [2.24, 2.45) is 5.73 Å². The van der Waals surface area contributed by atoms with Crippen molar-refractivity contribution in [2.45, 2.75) is 25.7 Å². The van der Waals surface area contributed by atoms with Crippen LogP contribution >= 0.6 is 0 Å². The number of pyridine rings is 1. The van der Waals surface area contributed by atoms with Gasteiger partial charge >= 0.3 is 0 Å². The molecule has 0 atom stereocenters. The van der Waals surface area contributed by atoms with Crippen LogP contribution in [0, 0.1) is 23.5 Å². The standard InChI is InChI=1S/C15H13N3O.C7H4F2O.C6H10.CH4O/c1-17-14-6-4-11(5-7-14)2-3-12-8-13(15(16)19)10-18-9-12;8-6-2-1-3-7(9)5(6)4-10;1-2-4-6-5-3-1;1-2/h4-10,17H,1H3,(H2,16,19);1-4H;1-2H,3-6H2;2H,1H3. The van der Waals surface area contributed by atoms with Crippen LogP contribution in [0.5, 0.6) is 0 Å². The molecule has 4 rings (SSSR count). The summed E-state index contributed by atoms with van der Waals surface area (Å²) in [5.41, 5.74) is 7.62. The zero-order valence-electron chi connectivity index (χ0n) is 20.9. The minimum absolute atomic E-state index is 0.157. The van der Waals surface area contributed by atoms with E-state index >= 15 is 0 Å². The molecule has 1 amide bonds. The van der Waals surface area contributed by atoms with Crippen molar-refractivity contribution in [3.63, 3.8) is 0 Å². The van der Waals surface area contributed by atoms with Crippen LogP contribution in [0.2, 0.25) is 0 Å².